The SMILES string of the molecule is C#CC.CC/C=C(C)\C(=C/CCO)N(CCCN(C)C)C1=C(\C)C(C)CCC(=O)C/C=C\1. The summed E-state index contributed by atoms with van der Waals surface area (Å²) in [5, 5.41) is 9.46. The van der Waals surface area contributed by atoms with Gasteiger partial charge in [0.2, 0.25) is 0 Å². The molecule has 0 aromatic rings. The van der Waals surface area contributed by atoms with E-state index in [1.165, 1.54) is 22.5 Å². The smallest absolute Gasteiger partial charge is 0.136 e. The van der Waals surface area contributed by atoms with Gasteiger partial charge in [-0.3, -0.25) is 4.79 Å². The highest BCUT2D eigenvalue weighted by Crippen LogP contribution is 2.30. The van der Waals surface area contributed by atoms with E-state index in [4.69, 9.17) is 0 Å². The Hall–Kier alpha value is -2.09. The summed E-state index contributed by atoms with van der Waals surface area (Å²) < 4.78 is 0. The number of aliphatic hydroxyl groups is 1. The Bertz CT molecular complexity index is 720. The number of carbonyl (C=O) groups is 1. The maximum Gasteiger partial charge on any atom is 0.136 e. The van der Waals surface area contributed by atoms with E-state index in [1.807, 2.05) is 6.08 Å². The molecule has 0 radical (unpaired) electrons. The molecule has 0 fully saturated rings. The number of carbonyl (C=O) groups excluding carboxylic acids is 1. The molecule has 1 atom stereocenters. The summed E-state index contributed by atoms with van der Waals surface area (Å²) in [5.74, 6) is 2.93. The van der Waals surface area contributed by atoms with Crippen molar-refractivity contribution in [3.63, 3.8) is 0 Å². The molecule has 0 aliphatic heterocycles. The van der Waals surface area contributed by atoms with Crippen LogP contribution in [0.15, 0.2) is 46.8 Å². The van der Waals surface area contributed by atoms with Crippen LogP contribution in [0.5, 0.6) is 0 Å². The molecule has 4 nitrogen and oxygen atoms in total. The summed E-state index contributed by atoms with van der Waals surface area (Å²) in [5.41, 5.74) is 4.96. The maximum absolute atomic E-state index is 12.1. The molecule has 0 heterocycles. The molecule has 1 N–H and O–H groups in total. The quantitative estimate of drug-likeness (QED) is 0.347. The molecule has 0 amide bonds. The van der Waals surface area contributed by atoms with Gasteiger partial charge in [0.05, 0.1) is 0 Å². The molecule has 180 valence electrons. The van der Waals surface area contributed by atoms with Crippen molar-refractivity contribution >= 4 is 5.78 Å². The van der Waals surface area contributed by atoms with Crippen LogP contribution in [0, 0.1) is 18.3 Å². The lowest BCUT2D eigenvalue weighted by atomic mass is 9.94. The zero-order valence-electron chi connectivity index (χ0n) is 21.6. The van der Waals surface area contributed by atoms with E-state index in [-0.39, 0.29) is 6.61 Å². The fourth-order valence-electron chi connectivity index (χ4n) is 3.70. The van der Waals surface area contributed by atoms with Crippen molar-refractivity contribution in [2.45, 2.75) is 73.1 Å². The number of terminal acetylenes is 1. The van der Waals surface area contributed by atoms with Crippen LogP contribution in [0.2, 0.25) is 0 Å². The first-order valence-electron chi connectivity index (χ1n) is 11.9. The molecule has 1 aliphatic carbocycles. The molecule has 0 spiro atoms. The number of hydrogen-bond acceptors (Lipinski definition) is 4. The minimum Gasteiger partial charge on any atom is -0.396 e. The summed E-state index contributed by atoms with van der Waals surface area (Å²) in [6, 6.07) is 0. The summed E-state index contributed by atoms with van der Waals surface area (Å²) in [6.07, 6.45) is 17.9. The fraction of sp³-hybridized carbons (Fsp3) is 0.607. The van der Waals surface area contributed by atoms with Gasteiger partial charge < -0.3 is 14.9 Å². The van der Waals surface area contributed by atoms with Crippen LogP contribution < -0.4 is 0 Å². The monoisotopic (exact) mass is 442 g/mol. The van der Waals surface area contributed by atoms with E-state index in [2.05, 4.69) is 82.2 Å². The van der Waals surface area contributed by atoms with Gasteiger partial charge in [0, 0.05) is 37.4 Å². The number of ketones is 1. The lowest BCUT2D eigenvalue weighted by molar-refractivity contribution is -0.118. The average Bonchev–Trinajstić information content (AvgIpc) is 2.79. The highest BCUT2D eigenvalue weighted by atomic mass is 16.2. The number of rotatable bonds is 10. The molecule has 32 heavy (non-hydrogen) atoms. The van der Waals surface area contributed by atoms with Crippen molar-refractivity contribution in [1.29, 1.82) is 0 Å². The van der Waals surface area contributed by atoms with Gasteiger partial charge >= 0.3 is 0 Å². The number of aliphatic hydroxyl groups excluding tert-OH is 1. The minimum atomic E-state index is 0.146. The summed E-state index contributed by atoms with van der Waals surface area (Å²) in [4.78, 5) is 16.7. The van der Waals surface area contributed by atoms with E-state index in [1.54, 1.807) is 6.92 Å². The zero-order valence-corrected chi connectivity index (χ0v) is 21.6. The minimum absolute atomic E-state index is 0.146. The van der Waals surface area contributed by atoms with Crippen LogP contribution in [-0.4, -0.2) is 54.5 Å². The van der Waals surface area contributed by atoms with Crippen molar-refractivity contribution in [1.82, 2.24) is 9.80 Å². The lowest BCUT2D eigenvalue weighted by Gasteiger charge is -2.32. The fourth-order valence-corrected chi connectivity index (χ4v) is 3.70. The second-order valence-electron chi connectivity index (χ2n) is 8.65. The molecule has 1 rings (SSSR count). The predicted molar refractivity (Wildman–Crippen MR) is 138 cm³/mol. The molecule has 1 aliphatic rings. The first-order valence-corrected chi connectivity index (χ1v) is 11.9. The van der Waals surface area contributed by atoms with Gasteiger partial charge in [-0.15, -0.1) is 12.3 Å². The zero-order chi connectivity index (χ0) is 24.5. The molecule has 0 saturated carbocycles. The molecule has 0 aromatic heterocycles. The van der Waals surface area contributed by atoms with Crippen LogP contribution in [-0.2, 0) is 4.79 Å². The first-order chi connectivity index (χ1) is 15.2. The Labute approximate surface area is 197 Å². The van der Waals surface area contributed by atoms with Crippen molar-refractivity contribution in [2.24, 2.45) is 5.92 Å². The molecule has 0 bridgehead atoms. The molecular weight excluding hydrogens is 396 g/mol. The first kappa shape index (κ1) is 29.9. The Morgan fingerprint density at radius 3 is 2.53 bits per heavy atom. The Morgan fingerprint density at radius 2 is 1.97 bits per heavy atom. The second kappa shape index (κ2) is 17.5. The van der Waals surface area contributed by atoms with Crippen LogP contribution in [0.1, 0.15) is 73.1 Å². The molecule has 1 unspecified atom stereocenters. The van der Waals surface area contributed by atoms with Crippen molar-refractivity contribution in [3.8, 4) is 12.3 Å². The van der Waals surface area contributed by atoms with Crippen molar-refractivity contribution in [3.05, 3.63) is 46.8 Å². The topological polar surface area (TPSA) is 43.8 Å². The largest absolute Gasteiger partial charge is 0.396 e. The van der Waals surface area contributed by atoms with Crippen LogP contribution >= 0.6 is 0 Å². The lowest BCUT2D eigenvalue weighted by Crippen LogP contribution is -2.28. The van der Waals surface area contributed by atoms with Gasteiger partial charge in [-0.25, -0.2) is 0 Å². The van der Waals surface area contributed by atoms with Crippen LogP contribution in [0.25, 0.3) is 0 Å². The van der Waals surface area contributed by atoms with Crippen LogP contribution in [0.3, 0.4) is 0 Å². The summed E-state index contributed by atoms with van der Waals surface area (Å²) >= 11 is 0. The van der Waals surface area contributed by atoms with Gasteiger partial charge in [0.25, 0.3) is 0 Å². The van der Waals surface area contributed by atoms with Crippen LogP contribution in [0.4, 0.5) is 0 Å². The Balaban J connectivity index is 0.00000302. The summed E-state index contributed by atoms with van der Waals surface area (Å²) in [6.45, 7) is 12.5. The van der Waals surface area contributed by atoms with Gasteiger partial charge in [0.15, 0.2) is 0 Å². The standard InChI is InChI=1S/C25H42N2O2.C3H4/c1-7-11-21(3)24(14-9-19-28)27(18-10-17-26(5)6)25-13-8-12-23(29)16-15-20(2)22(25)4;1-3-2/h8,11,13-14,20,28H,7,9-10,12,15-19H2,1-6H3;1H,2H3/b13-8-,21-11-,24-14+,25-22+;. The molecule has 0 aromatic carbocycles. The number of hydrogen-bond donors (Lipinski definition) is 1. The van der Waals surface area contributed by atoms with Gasteiger partial charge in [0.1, 0.15) is 5.78 Å². The van der Waals surface area contributed by atoms with Crippen molar-refractivity contribution < 1.29 is 9.90 Å². The molecule has 4 heteroatoms. The molecule has 0 saturated heterocycles. The van der Waals surface area contributed by atoms with E-state index in [0.717, 1.165) is 32.4 Å². The van der Waals surface area contributed by atoms with Gasteiger partial charge in [-0.1, -0.05) is 32.1 Å². The van der Waals surface area contributed by atoms with Crippen molar-refractivity contribution in [2.75, 3.05) is 33.8 Å². The van der Waals surface area contributed by atoms with E-state index in [9.17, 15) is 9.90 Å². The normalized spacial score (nSPS) is 21.1. The predicted octanol–water partition coefficient (Wildman–Crippen LogP) is 5.72. The van der Waals surface area contributed by atoms with Gasteiger partial charge in [-0.2, -0.15) is 0 Å². The summed E-state index contributed by atoms with van der Waals surface area (Å²) in [7, 11) is 4.21. The number of allylic oxidation sites excluding steroid dienone is 5. The third-order valence-corrected chi connectivity index (χ3v) is 5.57. The second-order valence-corrected chi connectivity index (χ2v) is 8.65. The Kier molecular flexibility index (Phi) is 16.3. The number of nitrogens with zero attached hydrogens (tertiary/aromatic N) is 2. The van der Waals surface area contributed by atoms with E-state index >= 15 is 0 Å². The molecular formula is C28H46N2O2. The third-order valence-electron chi connectivity index (χ3n) is 5.57. The number of Topliss-reactive ketones (excluding diaryl/α,β-unsaturated/α-hetero) is 1. The third kappa shape index (κ3) is 11.5. The average molecular weight is 443 g/mol. The van der Waals surface area contributed by atoms with E-state index in [0.29, 0.717) is 31.0 Å². The van der Waals surface area contributed by atoms with E-state index < -0.39 is 0 Å². The highest BCUT2D eigenvalue weighted by Gasteiger charge is 2.20. The van der Waals surface area contributed by atoms with Gasteiger partial charge in [-0.05, 0) is 90.2 Å². The Morgan fingerprint density at radius 1 is 1.31 bits per heavy atom. The highest BCUT2D eigenvalue weighted by molar-refractivity contribution is 5.80. The maximum atomic E-state index is 12.1.